The van der Waals surface area contributed by atoms with Crippen molar-refractivity contribution in [2.75, 3.05) is 20.8 Å². The van der Waals surface area contributed by atoms with Crippen molar-refractivity contribution in [2.24, 2.45) is 0 Å². The summed E-state index contributed by atoms with van der Waals surface area (Å²) >= 11 is 0. The molecule has 0 aliphatic carbocycles. The molecule has 0 aliphatic heterocycles. The van der Waals surface area contributed by atoms with Gasteiger partial charge in [-0.3, -0.25) is 19.7 Å². The van der Waals surface area contributed by atoms with Crippen LogP contribution in [0.4, 0.5) is 5.69 Å². The van der Waals surface area contributed by atoms with E-state index in [1.165, 1.54) is 44.6 Å². The van der Waals surface area contributed by atoms with E-state index in [2.05, 4.69) is 14.7 Å². The third-order valence-electron chi connectivity index (χ3n) is 4.47. The molecule has 0 amide bonds. The number of fused-ring (bicyclic) bond motifs is 1. The van der Waals surface area contributed by atoms with Crippen molar-refractivity contribution >= 4 is 26.7 Å². The quantitative estimate of drug-likeness (QED) is 0.255. The zero-order valence-electron chi connectivity index (χ0n) is 16.4. The number of nitro benzene ring substituents is 1. The van der Waals surface area contributed by atoms with Crippen LogP contribution in [0.5, 0.6) is 11.5 Å². The summed E-state index contributed by atoms with van der Waals surface area (Å²) in [4.78, 5) is 38.1. The van der Waals surface area contributed by atoms with Crippen LogP contribution in [0.15, 0.2) is 44.8 Å². The number of rotatable bonds is 8. The molecule has 0 spiro atoms. The Hall–Kier alpha value is -3.71. The second-order valence-corrected chi connectivity index (χ2v) is 8.12. The molecule has 13 heteroatoms. The molecule has 3 rings (SSSR count). The number of methoxy groups -OCH3 is 2. The Balaban J connectivity index is 1.83. The number of hydrogen-bond acceptors (Lipinski definition) is 8. The lowest BCUT2D eigenvalue weighted by Crippen LogP contribution is -2.29. The Morgan fingerprint density at radius 3 is 2.23 bits per heavy atom. The predicted octanol–water partition coefficient (Wildman–Crippen LogP) is 0.663. The average Bonchev–Trinajstić information content (AvgIpc) is 2.73. The SMILES string of the molecule is COc1cc(CCNS(=O)(=O)c2ccc3[nH]c(=O)c(=O)[nH]c3c2)c([N+](=O)[O-])cc1OC. The number of sulfonamides is 1. The maximum absolute atomic E-state index is 12.6. The van der Waals surface area contributed by atoms with Gasteiger partial charge in [-0.05, 0) is 30.7 Å². The van der Waals surface area contributed by atoms with Crippen LogP contribution >= 0.6 is 0 Å². The molecule has 0 unspecified atom stereocenters. The van der Waals surface area contributed by atoms with Gasteiger partial charge >= 0.3 is 11.1 Å². The average molecular weight is 450 g/mol. The van der Waals surface area contributed by atoms with E-state index in [0.29, 0.717) is 0 Å². The summed E-state index contributed by atoms with van der Waals surface area (Å²) < 4.78 is 37.8. The maximum atomic E-state index is 12.6. The second-order valence-electron chi connectivity index (χ2n) is 6.36. The summed E-state index contributed by atoms with van der Waals surface area (Å²) in [6, 6.07) is 6.44. The van der Waals surface area contributed by atoms with E-state index in [-0.39, 0.29) is 51.6 Å². The maximum Gasteiger partial charge on any atom is 0.314 e. The van der Waals surface area contributed by atoms with Crippen LogP contribution in [-0.2, 0) is 16.4 Å². The molecule has 0 aliphatic rings. The Morgan fingerprint density at radius 2 is 1.61 bits per heavy atom. The predicted molar refractivity (Wildman–Crippen MR) is 110 cm³/mol. The molecule has 0 atom stereocenters. The number of nitro groups is 1. The number of hydrogen-bond donors (Lipinski definition) is 3. The first kappa shape index (κ1) is 22.0. The third kappa shape index (κ3) is 4.57. The zero-order chi connectivity index (χ0) is 22.8. The Bertz CT molecular complexity index is 1380. The van der Waals surface area contributed by atoms with Crippen LogP contribution in [0.25, 0.3) is 11.0 Å². The Kier molecular flexibility index (Phi) is 6.08. The van der Waals surface area contributed by atoms with Crippen LogP contribution in [-0.4, -0.2) is 44.1 Å². The smallest absolute Gasteiger partial charge is 0.314 e. The fourth-order valence-electron chi connectivity index (χ4n) is 2.95. The van der Waals surface area contributed by atoms with Gasteiger partial charge in [0.05, 0.1) is 41.1 Å². The van der Waals surface area contributed by atoms with Crippen molar-refractivity contribution in [1.29, 1.82) is 0 Å². The van der Waals surface area contributed by atoms with Crippen LogP contribution in [0.2, 0.25) is 0 Å². The van der Waals surface area contributed by atoms with Crippen LogP contribution in [0, 0.1) is 10.1 Å². The number of aromatic amines is 2. The number of nitrogens with one attached hydrogen (secondary N) is 3. The van der Waals surface area contributed by atoms with Crippen LogP contribution in [0.1, 0.15) is 5.56 Å². The fourth-order valence-corrected chi connectivity index (χ4v) is 4.00. The number of nitrogens with zero attached hydrogens (tertiary/aromatic N) is 1. The third-order valence-corrected chi connectivity index (χ3v) is 5.93. The van der Waals surface area contributed by atoms with Gasteiger partial charge in [-0.2, -0.15) is 0 Å². The zero-order valence-corrected chi connectivity index (χ0v) is 17.2. The van der Waals surface area contributed by atoms with Crippen molar-refractivity contribution in [3.8, 4) is 11.5 Å². The molecule has 3 N–H and O–H groups in total. The molecule has 1 aromatic heterocycles. The van der Waals surface area contributed by atoms with Crippen molar-refractivity contribution in [3.05, 3.63) is 66.7 Å². The number of ether oxygens (including phenoxy) is 2. The minimum atomic E-state index is -4.00. The first-order chi connectivity index (χ1) is 14.7. The summed E-state index contributed by atoms with van der Waals surface area (Å²) in [5.41, 5.74) is -1.32. The highest BCUT2D eigenvalue weighted by molar-refractivity contribution is 7.89. The molecule has 3 aromatic rings. The van der Waals surface area contributed by atoms with Gasteiger partial charge in [0, 0.05) is 12.1 Å². The van der Waals surface area contributed by atoms with Crippen LogP contribution < -0.4 is 25.3 Å². The van der Waals surface area contributed by atoms with Gasteiger partial charge in [0.25, 0.3) is 5.69 Å². The molecule has 31 heavy (non-hydrogen) atoms. The molecular weight excluding hydrogens is 432 g/mol. The Labute approximate surface area is 175 Å². The molecule has 164 valence electrons. The van der Waals surface area contributed by atoms with Crippen molar-refractivity contribution in [3.63, 3.8) is 0 Å². The lowest BCUT2D eigenvalue weighted by Gasteiger charge is -2.11. The van der Waals surface area contributed by atoms with E-state index in [4.69, 9.17) is 9.47 Å². The van der Waals surface area contributed by atoms with Gasteiger partial charge in [-0.15, -0.1) is 0 Å². The van der Waals surface area contributed by atoms with Crippen molar-refractivity contribution in [2.45, 2.75) is 11.3 Å². The van der Waals surface area contributed by atoms with E-state index >= 15 is 0 Å². The first-order valence-corrected chi connectivity index (χ1v) is 10.3. The van der Waals surface area contributed by atoms with Gasteiger partial charge in [0.15, 0.2) is 11.5 Å². The molecule has 0 saturated heterocycles. The van der Waals surface area contributed by atoms with Gasteiger partial charge in [0.2, 0.25) is 10.0 Å². The Morgan fingerprint density at radius 1 is 1.00 bits per heavy atom. The molecule has 0 fully saturated rings. The number of H-pyrrole nitrogens is 2. The lowest BCUT2D eigenvalue weighted by molar-refractivity contribution is -0.385. The van der Waals surface area contributed by atoms with Crippen molar-refractivity contribution in [1.82, 2.24) is 14.7 Å². The highest BCUT2D eigenvalue weighted by Gasteiger charge is 2.21. The molecule has 2 aromatic carbocycles. The summed E-state index contributed by atoms with van der Waals surface area (Å²) in [6.45, 7) is -0.140. The normalized spacial score (nSPS) is 11.4. The molecule has 0 bridgehead atoms. The van der Waals surface area contributed by atoms with Gasteiger partial charge < -0.3 is 19.4 Å². The van der Waals surface area contributed by atoms with Gasteiger partial charge in [-0.25, -0.2) is 13.1 Å². The number of benzene rings is 2. The molecule has 0 radical (unpaired) electrons. The van der Waals surface area contributed by atoms with Gasteiger partial charge in [0.1, 0.15) is 0 Å². The monoisotopic (exact) mass is 450 g/mol. The topological polar surface area (TPSA) is 173 Å². The molecule has 12 nitrogen and oxygen atoms in total. The van der Waals surface area contributed by atoms with E-state index in [1.807, 2.05) is 0 Å². The highest BCUT2D eigenvalue weighted by Crippen LogP contribution is 2.34. The van der Waals surface area contributed by atoms with E-state index in [9.17, 15) is 28.1 Å². The minimum absolute atomic E-state index is 0.00757. The standard InChI is InChI=1S/C18H18N4O8S/c1-29-15-7-10(14(22(25)26)9-16(15)30-2)5-6-19-31(27,28)11-3-4-12-13(8-11)21-18(24)17(23)20-12/h3-4,7-9,19H,5-6H2,1-2H3,(H,20,23)(H,21,24). The fraction of sp³-hybridized carbons (Fsp3) is 0.222. The van der Waals surface area contributed by atoms with Gasteiger partial charge in [-0.1, -0.05) is 0 Å². The highest BCUT2D eigenvalue weighted by atomic mass is 32.2. The molecular formula is C18H18N4O8S. The number of aromatic nitrogens is 2. The molecule has 1 heterocycles. The van der Waals surface area contributed by atoms with Crippen molar-refractivity contribution < 1.29 is 22.8 Å². The summed E-state index contributed by atoms with van der Waals surface area (Å²) in [7, 11) is -1.26. The summed E-state index contributed by atoms with van der Waals surface area (Å²) in [5.74, 6) is 0.458. The minimum Gasteiger partial charge on any atom is -0.493 e. The molecule has 0 saturated carbocycles. The van der Waals surface area contributed by atoms with E-state index < -0.39 is 26.1 Å². The van der Waals surface area contributed by atoms with E-state index in [0.717, 1.165) is 0 Å². The second kappa shape index (κ2) is 8.57. The van der Waals surface area contributed by atoms with Crippen LogP contribution in [0.3, 0.4) is 0 Å². The largest absolute Gasteiger partial charge is 0.493 e. The lowest BCUT2D eigenvalue weighted by atomic mass is 10.1. The first-order valence-electron chi connectivity index (χ1n) is 8.81. The summed E-state index contributed by atoms with van der Waals surface area (Å²) in [6.07, 6.45) is 0.00757. The van der Waals surface area contributed by atoms with E-state index in [1.54, 1.807) is 0 Å². The summed E-state index contributed by atoms with van der Waals surface area (Å²) in [5, 5.41) is 11.4.